The third kappa shape index (κ3) is 9.63. The molecule has 370 valence electrons. The molecule has 0 amide bonds. The van der Waals surface area contributed by atoms with Crippen LogP contribution in [-0.4, -0.2) is 9.55 Å². The summed E-state index contributed by atoms with van der Waals surface area (Å²) in [6.45, 7) is 28.3. The van der Waals surface area contributed by atoms with Crippen molar-refractivity contribution < 1.29 is 31.6 Å². The molecule has 0 saturated carbocycles. The SMILES string of the molecule is [2H]C(C)(C)c1cc(Oc2[c-]c3c(cc2)c2ccccc2n3-c2cc(C(C)(C)C)ccn2)[c-]c(N2[CH-]N(c3c(-c4ccc(F)cc4)cc(C(C)(C)C)cc3-c3cc(C(C)C)cc(C(C)C)c3)c3ccccc32)c1.[Pt]. The number of benzene rings is 7. The van der Waals surface area contributed by atoms with Gasteiger partial charge in [0.05, 0.1) is 0 Å². The molecule has 0 spiro atoms. The van der Waals surface area contributed by atoms with Crippen LogP contribution in [0.4, 0.5) is 27.1 Å². The second kappa shape index (κ2) is 19.5. The van der Waals surface area contributed by atoms with Crippen molar-refractivity contribution in [2.45, 2.75) is 112 Å². The monoisotopic (exact) mass is 1130 g/mol. The zero-order valence-corrected chi connectivity index (χ0v) is 45.8. The molecule has 0 aliphatic carbocycles. The van der Waals surface area contributed by atoms with E-state index in [1.165, 1.54) is 22.3 Å². The van der Waals surface area contributed by atoms with Crippen LogP contribution >= 0.6 is 0 Å². The van der Waals surface area contributed by atoms with Gasteiger partial charge in [0, 0.05) is 73.8 Å². The number of para-hydroxylation sites is 3. The van der Waals surface area contributed by atoms with E-state index in [4.69, 9.17) is 9.72 Å². The number of ether oxygens (including phenoxy) is 1. The van der Waals surface area contributed by atoms with Crippen LogP contribution in [0.5, 0.6) is 11.5 Å². The topological polar surface area (TPSA) is 33.5 Å². The maximum absolute atomic E-state index is 14.8. The van der Waals surface area contributed by atoms with E-state index in [1.807, 2.05) is 50.4 Å². The Morgan fingerprint density at radius 2 is 1.22 bits per heavy atom. The Balaban J connectivity index is 0.00000656. The van der Waals surface area contributed by atoms with Gasteiger partial charge >= 0.3 is 0 Å². The number of fused-ring (bicyclic) bond motifs is 4. The Bertz CT molecular complexity index is 3490. The van der Waals surface area contributed by atoms with Gasteiger partial charge in [-0.15, -0.1) is 53.6 Å². The fraction of sp³-hybridized carbons (Fsp3) is 0.262. The van der Waals surface area contributed by atoms with Crippen molar-refractivity contribution >= 4 is 44.6 Å². The molecule has 0 radical (unpaired) electrons. The van der Waals surface area contributed by atoms with E-state index in [9.17, 15) is 5.76 Å². The Morgan fingerprint density at radius 1 is 0.597 bits per heavy atom. The van der Waals surface area contributed by atoms with Crippen molar-refractivity contribution in [3.63, 3.8) is 0 Å². The van der Waals surface area contributed by atoms with Gasteiger partial charge in [-0.2, -0.15) is 6.07 Å². The molecule has 0 bridgehead atoms. The van der Waals surface area contributed by atoms with Gasteiger partial charge in [-0.25, -0.2) is 9.37 Å². The number of pyridine rings is 1. The minimum Gasteiger partial charge on any atom is -0.509 e. The molecule has 0 saturated heterocycles. The summed E-state index contributed by atoms with van der Waals surface area (Å²) < 4.78 is 33.1. The predicted molar refractivity (Wildman–Crippen MR) is 295 cm³/mol. The number of rotatable bonds is 10. The molecule has 0 N–H and O–H groups in total. The minimum absolute atomic E-state index is 0. The summed E-state index contributed by atoms with van der Waals surface area (Å²) in [6, 6.07) is 54.9. The maximum atomic E-state index is 14.8. The van der Waals surface area contributed by atoms with Gasteiger partial charge in [-0.1, -0.05) is 149 Å². The largest absolute Gasteiger partial charge is 0.509 e. The van der Waals surface area contributed by atoms with Gasteiger partial charge in [0.25, 0.3) is 0 Å². The molecule has 10 rings (SSSR count). The smallest absolute Gasteiger partial charge is 0.135 e. The molecular weight excluding hydrogens is 1070 g/mol. The zero-order valence-electron chi connectivity index (χ0n) is 44.5. The molecule has 2 aromatic heterocycles. The summed E-state index contributed by atoms with van der Waals surface area (Å²) in [7, 11) is 0. The van der Waals surface area contributed by atoms with E-state index in [0.717, 1.165) is 78.2 Å². The fourth-order valence-electron chi connectivity index (χ4n) is 9.68. The molecular formula is C65H64FN4OPt-3. The molecule has 7 aromatic carbocycles. The first-order valence-electron chi connectivity index (χ1n) is 25.4. The Labute approximate surface area is 442 Å². The van der Waals surface area contributed by atoms with Crippen LogP contribution in [0.15, 0.2) is 146 Å². The van der Waals surface area contributed by atoms with Crippen LogP contribution in [0.25, 0.3) is 49.9 Å². The first kappa shape index (κ1) is 49.1. The average molecular weight is 1130 g/mol. The summed E-state index contributed by atoms with van der Waals surface area (Å²) in [5.74, 6) is 1.17. The van der Waals surface area contributed by atoms with Crippen molar-refractivity contribution in [1.82, 2.24) is 9.55 Å². The average Bonchev–Trinajstić information content (AvgIpc) is 3.89. The molecule has 0 atom stereocenters. The first-order valence-corrected chi connectivity index (χ1v) is 24.9. The van der Waals surface area contributed by atoms with E-state index < -0.39 is 5.89 Å². The first-order chi connectivity index (χ1) is 34.1. The van der Waals surface area contributed by atoms with E-state index in [1.54, 1.807) is 12.1 Å². The molecule has 7 heteroatoms. The van der Waals surface area contributed by atoms with E-state index >= 15 is 0 Å². The molecule has 1 aliphatic heterocycles. The molecule has 9 aromatic rings. The minimum atomic E-state index is -0.980. The van der Waals surface area contributed by atoms with Crippen molar-refractivity contribution in [2.75, 3.05) is 9.80 Å². The number of hydrogen-bond acceptors (Lipinski definition) is 4. The molecule has 0 unspecified atom stereocenters. The van der Waals surface area contributed by atoms with Crippen molar-refractivity contribution in [3.05, 3.63) is 198 Å². The third-order valence-corrected chi connectivity index (χ3v) is 13.9. The molecule has 72 heavy (non-hydrogen) atoms. The zero-order chi connectivity index (χ0) is 51.0. The number of aromatic nitrogens is 2. The number of halogens is 1. The molecule has 1 aliphatic rings. The van der Waals surface area contributed by atoms with E-state index in [0.29, 0.717) is 23.3 Å². The van der Waals surface area contributed by atoms with Crippen LogP contribution in [-0.2, 0) is 31.9 Å². The van der Waals surface area contributed by atoms with E-state index in [-0.39, 0.29) is 37.7 Å². The summed E-state index contributed by atoms with van der Waals surface area (Å²) in [4.78, 5) is 9.31. The van der Waals surface area contributed by atoms with Crippen LogP contribution in [0.2, 0.25) is 0 Å². The Morgan fingerprint density at radius 3 is 1.86 bits per heavy atom. The Kier molecular flexibility index (Phi) is 13.3. The van der Waals surface area contributed by atoms with Crippen LogP contribution in [0.1, 0.15) is 130 Å². The number of nitrogens with zero attached hydrogens (tertiary/aromatic N) is 4. The number of anilines is 4. The van der Waals surface area contributed by atoms with Crippen molar-refractivity contribution in [3.8, 4) is 39.6 Å². The van der Waals surface area contributed by atoms with Gasteiger partial charge < -0.3 is 19.1 Å². The quantitative estimate of drug-likeness (QED) is 0.128. The second-order valence-electron chi connectivity index (χ2n) is 22.0. The van der Waals surface area contributed by atoms with Crippen molar-refractivity contribution in [1.29, 1.82) is 0 Å². The molecule has 0 fully saturated rings. The molecule has 5 nitrogen and oxygen atoms in total. The standard InChI is InChI=1S/C65H64FN4O.Pt/c1-40(2)44-29-45(41(3)4)31-47(30-44)57-35-49(65(10,11)12)34-56(43-21-23-50(66)24-22-43)63(57)69-39-68(59-19-15-16-20-60(59)69)51-32-46(42(5)6)33-53(37-51)71-52-25-26-55-54-17-13-14-18-58(54)70(61(55)38-52)62-36-48(27-28-67-62)64(7,8)9;/h13-36,39-42H,1-12H3;/q-3;/i42D;. The summed E-state index contributed by atoms with van der Waals surface area (Å²) in [6.07, 6.45) is 1.88. The van der Waals surface area contributed by atoms with Crippen LogP contribution in [0.3, 0.4) is 0 Å². The van der Waals surface area contributed by atoms with Gasteiger partial charge in [-0.05, 0) is 122 Å². The summed E-state index contributed by atoms with van der Waals surface area (Å²) in [5, 5.41) is 2.14. The van der Waals surface area contributed by atoms with Gasteiger partial charge in [0.1, 0.15) is 11.6 Å². The fourth-order valence-corrected chi connectivity index (χ4v) is 9.68. The normalized spacial score (nSPS) is 13.3. The van der Waals surface area contributed by atoms with Gasteiger partial charge in [0.15, 0.2) is 0 Å². The maximum Gasteiger partial charge on any atom is 0.135 e. The third-order valence-electron chi connectivity index (χ3n) is 13.9. The van der Waals surface area contributed by atoms with Crippen LogP contribution < -0.4 is 14.5 Å². The van der Waals surface area contributed by atoms with Crippen molar-refractivity contribution in [2.24, 2.45) is 0 Å². The second-order valence-corrected chi connectivity index (χ2v) is 22.0. The predicted octanol–water partition coefficient (Wildman–Crippen LogP) is 18.4. The summed E-state index contributed by atoms with van der Waals surface area (Å²) in [5.41, 5.74) is 15.0. The van der Waals surface area contributed by atoms with Crippen LogP contribution in [0, 0.1) is 24.6 Å². The van der Waals surface area contributed by atoms with Gasteiger partial charge in [-0.3, -0.25) is 0 Å². The summed E-state index contributed by atoms with van der Waals surface area (Å²) >= 11 is 0. The van der Waals surface area contributed by atoms with Gasteiger partial charge in [0.2, 0.25) is 0 Å². The Hall–Kier alpha value is -6.49. The number of hydrogen-bond donors (Lipinski definition) is 0. The van der Waals surface area contributed by atoms with E-state index in [2.05, 4.69) is 199 Å². The molecule has 3 heterocycles.